The van der Waals surface area contributed by atoms with Gasteiger partial charge in [0, 0.05) is 39.2 Å². The molecule has 1 unspecified atom stereocenters. The fourth-order valence-corrected chi connectivity index (χ4v) is 5.81. The average molecular weight is 606 g/mol. The number of benzene rings is 3. The lowest BCUT2D eigenvalue weighted by atomic mass is 10.0. The molecule has 3 aromatic carbocycles. The molecule has 0 saturated carbocycles. The molecule has 216 valence electrons. The Hall–Kier alpha value is -4.06. The number of hydrogen-bond acceptors (Lipinski definition) is 7. The van der Waals surface area contributed by atoms with Crippen molar-refractivity contribution < 1.29 is 17.7 Å². The van der Waals surface area contributed by atoms with Gasteiger partial charge in [-0.15, -0.1) is 0 Å². The number of pyridine rings is 2. The molecule has 0 saturated heterocycles. The van der Waals surface area contributed by atoms with Crippen molar-refractivity contribution in [2.24, 2.45) is 0 Å². The van der Waals surface area contributed by atoms with Gasteiger partial charge in [0.1, 0.15) is 23.1 Å². The normalized spacial score (nSPS) is 12.3. The maximum atomic E-state index is 14.2. The van der Waals surface area contributed by atoms with Crippen molar-refractivity contribution in [1.82, 2.24) is 14.7 Å². The third-order valence-corrected chi connectivity index (χ3v) is 8.48. The number of halogens is 2. The van der Waals surface area contributed by atoms with Crippen LogP contribution in [-0.2, 0) is 11.0 Å². The Morgan fingerprint density at radius 1 is 0.952 bits per heavy atom. The van der Waals surface area contributed by atoms with Gasteiger partial charge in [0.15, 0.2) is 11.0 Å². The van der Waals surface area contributed by atoms with Crippen LogP contribution in [0, 0.1) is 11.6 Å². The van der Waals surface area contributed by atoms with Crippen LogP contribution < -0.4 is 19.9 Å². The highest BCUT2D eigenvalue weighted by atomic mass is 32.2. The topological polar surface area (TPSA) is 102 Å². The van der Waals surface area contributed by atoms with E-state index in [1.54, 1.807) is 24.2 Å². The molecule has 0 aliphatic rings. The van der Waals surface area contributed by atoms with Crippen LogP contribution in [0.15, 0.2) is 88.8 Å². The zero-order chi connectivity index (χ0) is 30.0. The van der Waals surface area contributed by atoms with Gasteiger partial charge in [-0.1, -0.05) is 18.2 Å². The molecule has 0 aliphatic carbocycles. The maximum absolute atomic E-state index is 14.2. The summed E-state index contributed by atoms with van der Waals surface area (Å²) in [7, 11) is -0.605. The summed E-state index contributed by atoms with van der Waals surface area (Å²) in [5.74, 6) is -1.08. The van der Waals surface area contributed by atoms with Crippen molar-refractivity contribution in [3.05, 3.63) is 90.6 Å². The smallest absolute Gasteiger partial charge is 0.238 e. The average Bonchev–Trinajstić information content (AvgIpc) is 2.95. The molecule has 11 heteroatoms. The summed E-state index contributed by atoms with van der Waals surface area (Å²) in [6, 6.07) is 20.4. The quantitative estimate of drug-likeness (QED) is 0.159. The van der Waals surface area contributed by atoms with Gasteiger partial charge >= 0.3 is 0 Å². The highest BCUT2D eigenvalue weighted by Crippen LogP contribution is 2.34. The molecule has 0 fully saturated rings. The molecule has 42 heavy (non-hydrogen) atoms. The molecule has 2 aromatic heterocycles. The maximum Gasteiger partial charge on any atom is 0.238 e. The van der Waals surface area contributed by atoms with E-state index in [2.05, 4.69) is 46.2 Å². The fraction of sp³-hybridized carbons (Fsp3) is 0.161. The third-order valence-electron chi connectivity index (χ3n) is 6.14. The molecule has 0 bridgehead atoms. The van der Waals surface area contributed by atoms with Gasteiger partial charge in [0.05, 0.1) is 17.5 Å². The molecular weight excluding hydrogens is 577 g/mol. The van der Waals surface area contributed by atoms with Crippen molar-refractivity contribution in [1.29, 1.82) is 0 Å². The second-order valence-electron chi connectivity index (χ2n) is 10.5. The molecule has 0 spiro atoms. The first-order valence-electron chi connectivity index (χ1n) is 12.9. The van der Waals surface area contributed by atoms with Crippen LogP contribution in [-0.4, -0.2) is 26.8 Å². The van der Waals surface area contributed by atoms with E-state index >= 15 is 0 Å². The number of nitrogens with one attached hydrogen (secondary N) is 2. The monoisotopic (exact) mass is 605 g/mol. The minimum absolute atomic E-state index is 0.0432. The number of anilines is 2. The lowest BCUT2D eigenvalue weighted by molar-refractivity contribution is 0.400. The largest absolute Gasteiger partial charge is 0.480 e. The zero-order valence-electron chi connectivity index (χ0n) is 23.4. The minimum Gasteiger partial charge on any atom is -0.480 e. The van der Waals surface area contributed by atoms with E-state index in [0.29, 0.717) is 17.4 Å². The van der Waals surface area contributed by atoms with Crippen molar-refractivity contribution in [3.63, 3.8) is 0 Å². The Labute approximate surface area is 249 Å². The van der Waals surface area contributed by atoms with Crippen molar-refractivity contribution in [3.8, 4) is 28.1 Å². The summed E-state index contributed by atoms with van der Waals surface area (Å²) in [6.45, 7) is 6.32. The van der Waals surface area contributed by atoms with E-state index in [-0.39, 0.29) is 22.0 Å². The van der Waals surface area contributed by atoms with E-state index in [1.165, 1.54) is 7.11 Å². The standard InChI is InChI=1S/C31H29F2N5O2S2/c1-31(2,3)38-41-23-7-5-6-19(13-23)24-14-20-12-18(8-10-26(20)36-29(24)34)21-15-27(30(40-4)35-17-21)37-42(39)28-11-9-22(32)16-25(28)33/h5-17,37-38H,1-4H3,(H2,34,36). The number of aromatic nitrogens is 2. The van der Waals surface area contributed by atoms with Crippen LogP contribution in [0.25, 0.3) is 33.2 Å². The predicted octanol–water partition coefficient (Wildman–Crippen LogP) is 7.36. The van der Waals surface area contributed by atoms with Gasteiger partial charge in [-0.25, -0.2) is 23.0 Å². The predicted molar refractivity (Wildman–Crippen MR) is 167 cm³/mol. The molecule has 0 amide bonds. The van der Waals surface area contributed by atoms with Crippen molar-refractivity contribution >= 4 is 45.3 Å². The summed E-state index contributed by atoms with van der Waals surface area (Å²) in [4.78, 5) is 9.84. The van der Waals surface area contributed by atoms with Gasteiger partial charge < -0.3 is 10.5 Å². The molecule has 0 radical (unpaired) electrons. The first-order chi connectivity index (χ1) is 20.0. The second-order valence-corrected chi connectivity index (χ2v) is 12.6. The minimum atomic E-state index is -2.03. The lowest BCUT2D eigenvalue weighted by Gasteiger charge is -2.19. The number of ether oxygens (including phenoxy) is 1. The number of nitrogen functional groups attached to an aromatic ring is 1. The first kappa shape index (κ1) is 29.4. The number of rotatable bonds is 8. The Morgan fingerprint density at radius 3 is 2.50 bits per heavy atom. The molecule has 1 atom stereocenters. The van der Waals surface area contributed by atoms with E-state index in [1.807, 2.05) is 42.5 Å². The number of nitrogens with zero attached hydrogens (tertiary/aromatic N) is 2. The highest BCUT2D eigenvalue weighted by molar-refractivity contribution is 7.97. The summed E-state index contributed by atoms with van der Waals surface area (Å²) in [5, 5.41) is 0.866. The summed E-state index contributed by atoms with van der Waals surface area (Å²) in [6.07, 6.45) is 1.63. The van der Waals surface area contributed by atoms with Crippen LogP contribution in [0.3, 0.4) is 0 Å². The lowest BCUT2D eigenvalue weighted by Crippen LogP contribution is -2.29. The highest BCUT2D eigenvalue weighted by Gasteiger charge is 2.16. The molecule has 5 aromatic rings. The summed E-state index contributed by atoms with van der Waals surface area (Å²) < 4.78 is 51.9. The number of fused-ring (bicyclic) bond motifs is 1. The Kier molecular flexibility index (Phi) is 8.44. The van der Waals surface area contributed by atoms with Gasteiger partial charge in [0.2, 0.25) is 5.88 Å². The van der Waals surface area contributed by atoms with Gasteiger partial charge in [-0.05, 0) is 92.4 Å². The van der Waals surface area contributed by atoms with Crippen LogP contribution in [0.1, 0.15) is 20.8 Å². The van der Waals surface area contributed by atoms with E-state index in [4.69, 9.17) is 10.5 Å². The fourth-order valence-electron chi connectivity index (χ4n) is 4.17. The van der Waals surface area contributed by atoms with E-state index in [9.17, 15) is 13.0 Å². The van der Waals surface area contributed by atoms with Crippen LogP contribution in [0.4, 0.5) is 20.3 Å². The first-order valence-corrected chi connectivity index (χ1v) is 14.9. The third kappa shape index (κ3) is 6.70. The van der Waals surface area contributed by atoms with E-state index in [0.717, 1.165) is 44.6 Å². The number of methoxy groups -OCH3 is 1. The van der Waals surface area contributed by atoms with Gasteiger partial charge in [-0.2, -0.15) is 0 Å². The van der Waals surface area contributed by atoms with Crippen LogP contribution in [0.2, 0.25) is 0 Å². The Morgan fingerprint density at radius 2 is 1.76 bits per heavy atom. The molecule has 7 nitrogen and oxygen atoms in total. The number of hydrogen-bond donors (Lipinski definition) is 3. The van der Waals surface area contributed by atoms with Crippen molar-refractivity contribution in [2.75, 3.05) is 17.6 Å². The molecular formula is C31H29F2N5O2S2. The Balaban J connectivity index is 1.48. The molecule has 4 N–H and O–H groups in total. The van der Waals surface area contributed by atoms with Crippen LogP contribution >= 0.6 is 11.9 Å². The van der Waals surface area contributed by atoms with Gasteiger partial charge in [-0.3, -0.25) is 9.44 Å². The van der Waals surface area contributed by atoms with Gasteiger partial charge in [0.25, 0.3) is 0 Å². The molecule has 0 aliphatic heterocycles. The molecule has 2 heterocycles. The second kappa shape index (κ2) is 12.0. The number of nitrogens with two attached hydrogens (primary N) is 1. The summed E-state index contributed by atoms with van der Waals surface area (Å²) >= 11 is 1.56. The molecule has 5 rings (SSSR count). The van der Waals surface area contributed by atoms with E-state index < -0.39 is 22.6 Å². The zero-order valence-corrected chi connectivity index (χ0v) is 25.0. The Bertz CT molecular complexity index is 1810. The SMILES string of the molecule is COc1ncc(-c2ccc3nc(N)c(-c4cccc(SNC(C)(C)C)c4)cc3c2)cc1NS(=O)c1ccc(F)cc1F. The van der Waals surface area contributed by atoms with Crippen LogP contribution in [0.5, 0.6) is 5.88 Å². The van der Waals surface area contributed by atoms with Crippen molar-refractivity contribution in [2.45, 2.75) is 36.1 Å². The summed E-state index contributed by atoms with van der Waals surface area (Å²) in [5.41, 5.74) is 10.6.